The van der Waals surface area contributed by atoms with Gasteiger partial charge in [-0.2, -0.15) is 4.31 Å². The minimum Gasteiger partial charge on any atom is -0.508 e. The van der Waals surface area contributed by atoms with Gasteiger partial charge in [0.2, 0.25) is 10.0 Å². The van der Waals surface area contributed by atoms with Crippen molar-refractivity contribution in [2.45, 2.75) is 24.8 Å². The summed E-state index contributed by atoms with van der Waals surface area (Å²) in [5.41, 5.74) is 0. The fourth-order valence-electron chi connectivity index (χ4n) is 1.34. The summed E-state index contributed by atoms with van der Waals surface area (Å²) in [6.45, 7) is 4.44. The molecule has 0 atom stereocenters. The van der Waals surface area contributed by atoms with Crippen LogP contribution in [0.4, 0.5) is 0 Å². The zero-order chi connectivity index (χ0) is 13.8. The average Bonchev–Trinajstić information content (AvgIpc) is 2.28. The second-order valence-electron chi connectivity index (χ2n) is 4.24. The van der Waals surface area contributed by atoms with Crippen molar-refractivity contribution >= 4 is 10.0 Å². The van der Waals surface area contributed by atoms with Gasteiger partial charge in [0.1, 0.15) is 5.75 Å². The Morgan fingerprint density at radius 1 is 1.28 bits per heavy atom. The molecule has 0 aliphatic heterocycles. The summed E-state index contributed by atoms with van der Waals surface area (Å²) >= 11 is 0. The number of likely N-dealkylation sites (N-methyl/N-ethyl adjacent to an activating group) is 1. The summed E-state index contributed by atoms with van der Waals surface area (Å²) in [4.78, 5) is 0.160. The average molecular weight is 273 g/mol. The maximum atomic E-state index is 12.1. The van der Waals surface area contributed by atoms with Crippen LogP contribution in [0.3, 0.4) is 0 Å². The summed E-state index contributed by atoms with van der Waals surface area (Å²) < 4.78 is 30.8. The van der Waals surface area contributed by atoms with Crippen molar-refractivity contribution < 1.29 is 18.3 Å². The van der Waals surface area contributed by atoms with E-state index >= 15 is 0 Å². The molecule has 0 aliphatic carbocycles. The van der Waals surface area contributed by atoms with Crippen molar-refractivity contribution in [1.29, 1.82) is 0 Å². The Morgan fingerprint density at radius 2 is 1.83 bits per heavy atom. The molecule has 0 aromatic heterocycles. The normalized spacial score (nSPS) is 12.3. The molecule has 18 heavy (non-hydrogen) atoms. The van der Waals surface area contributed by atoms with Crippen LogP contribution in [-0.2, 0) is 14.8 Å². The van der Waals surface area contributed by atoms with E-state index in [2.05, 4.69) is 0 Å². The van der Waals surface area contributed by atoms with Gasteiger partial charge in [-0.3, -0.25) is 0 Å². The van der Waals surface area contributed by atoms with Crippen LogP contribution >= 0.6 is 0 Å². The molecule has 6 heteroatoms. The number of sulfonamides is 1. The lowest BCUT2D eigenvalue weighted by Gasteiger charge is -2.18. The number of phenols is 1. The third-order valence-electron chi connectivity index (χ3n) is 2.40. The Hall–Kier alpha value is -1.11. The van der Waals surface area contributed by atoms with Crippen LogP contribution in [0, 0.1) is 0 Å². The summed E-state index contributed by atoms with van der Waals surface area (Å²) in [7, 11) is -2.01. The highest BCUT2D eigenvalue weighted by Crippen LogP contribution is 2.17. The molecule has 0 radical (unpaired) electrons. The molecule has 0 spiro atoms. The third kappa shape index (κ3) is 3.97. The zero-order valence-electron chi connectivity index (χ0n) is 10.8. The first-order chi connectivity index (χ1) is 8.34. The van der Waals surface area contributed by atoms with Crippen molar-refractivity contribution in [1.82, 2.24) is 4.31 Å². The Labute approximate surface area is 108 Å². The predicted octanol–water partition coefficient (Wildman–Crippen LogP) is 1.44. The molecule has 1 aromatic carbocycles. The van der Waals surface area contributed by atoms with E-state index in [1.54, 1.807) is 0 Å². The number of phenolic OH excluding ortho intramolecular Hbond substituents is 1. The third-order valence-corrected chi connectivity index (χ3v) is 4.27. The van der Waals surface area contributed by atoms with Crippen molar-refractivity contribution in [3.8, 4) is 5.75 Å². The molecule has 1 N–H and O–H groups in total. The quantitative estimate of drug-likeness (QED) is 0.851. The molecular formula is C12H19NO4S. The van der Waals surface area contributed by atoms with E-state index in [4.69, 9.17) is 9.84 Å². The summed E-state index contributed by atoms with van der Waals surface area (Å²) in [5.74, 6) is 0.0414. The van der Waals surface area contributed by atoms with Gasteiger partial charge < -0.3 is 9.84 Å². The van der Waals surface area contributed by atoms with E-state index in [0.717, 1.165) is 0 Å². The molecule has 0 saturated heterocycles. The van der Waals surface area contributed by atoms with Gasteiger partial charge in [0.15, 0.2) is 0 Å². The number of hydrogen-bond donors (Lipinski definition) is 1. The monoisotopic (exact) mass is 273 g/mol. The molecule has 5 nitrogen and oxygen atoms in total. The predicted molar refractivity (Wildman–Crippen MR) is 69.0 cm³/mol. The van der Waals surface area contributed by atoms with Crippen LogP contribution in [0.5, 0.6) is 5.75 Å². The summed E-state index contributed by atoms with van der Waals surface area (Å²) in [6.07, 6.45) is 0.0785. The van der Waals surface area contributed by atoms with Gasteiger partial charge in [-0.05, 0) is 38.1 Å². The van der Waals surface area contributed by atoms with Gasteiger partial charge in [0.05, 0.1) is 17.6 Å². The number of aromatic hydroxyl groups is 1. The van der Waals surface area contributed by atoms with Gasteiger partial charge in [-0.1, -0.05) is 0 Å². The first kappa shape index (κ1) is 14.9. The summed E-state index contributed by atoms with van der Waals surface area (Å²) in [6, 6.07) is 5.46. The molecule has 1 rings (SSSR count). The second kappa shape index (κ2) is 6.17. The fraction of sp³-hybridized carbons (Fsp3) is 0.500. The minimum atomic E-state index is -3.51. The maximum Gasteiger partial charge on any atom is 0.242 e. The van der Waals surface area contributed by atoms with Crippen molar-refractivity contribution in [3.63, 3.8) is 0 Å². The molecule has 0 saturated carbocycles. The van der Waals surface area contributed by atoms with Crippen LogP contribution < -0.4 is 0 Å². The van der Waals surface area contributed by atoms with Gasteiger partial charge in [-0.15, -0.1) is 0 Å². The van der Waals surface area contributed by atoms with E-state index in [1.807, 2.05) is 13.8 Å². The Kier molecular flexibility index (Phi) is 5.13. The number of nitrogens with zero attached hydrogens (tertiary/aromatic N) is 1. The lowest BCUT2D eigenvalue weighted by Crippen LogP contribution is -2.30. The molecule has 0 aliphatic rings. The highest BCUT2D eigenvalue weighted by Gasteiger charge is 2.20. The molecule has 102 valence electrons. The molecule has 1 aromatic rings. The van der Waals surface area contributed by atoms with E-state index < -0.39 is 10.0 Å². The molecule has 0 bridgehead atoms. The zero-order valence-corrected chi connectivity index (χ0v) is 11.6. The topological polar surface area (TPSA) is 66.8 Å². The van der Waals surface area contributed by atoms with Crippen LogP contribution in [0.1, 0.15) is 13.8 Å². The Balaban J connectivity index is 2.71. The Bertz CT molecular complexity index is 467. The highest BCUT2D eigenvalue weighted by molar-refractivity contribution is 7.89. The van der Waals surface area contributed by atoms with E-state index in [9.17, 15) is 8.42 Å². The van der Waals surface area contributed by atoms with Crippen LogP contribution in [0.15, 0.2) is 29.2 Å². The largest absolute Gasteiger partial charge is 0.508 e. The standard InChI is InChI=1S/C12H19NO4S/c1-10(2)17-9-8-13(3)18(15,16)12-6-4-11(14)5-7-12/h4-7,10,14H,8-9H2,1-3H3. The van der Waals surface area contributed by atoms with E-state index in [1.165, 1.54) is 35.6 Å². The van der Waals surface area contributed by atoms with E-state index in [-0.39, 0.29) is 16.7 Å². The number of hydrogen-bond acceptors (Lipinski definition) is 4. The van der Waals surface area contributed by atoms with Gasteiger partial charge in [0.25, 0.3) is 0 Å². The highest BCUT2D eigenvalue weighted by atomic mass is 32.2. The molecule has 0 heterocycles. The first-order valence-corrected chi connectivity index (χ1v) is 7.15. The lowest BCUT2D eigenvalue weighted by molar-refractivity contribution is 0.0737. The number of rotatable bonds is 6. The van der Waals surface area contributed by atoms with Crippen molar-refractivity contribution in [2.75, 3.05) is 20.2 Å². The smallest absolute Gasteiger partial charge is 0.242 e. The minimum absolute atomic E-state index is 0.0414. The number of ether oxygens (including phenoxy) is 1. The SMILES string of the molecule is CC(C)OCCN(C)S(=O)(=O)c1ccc(O)cc1. The second-order valence-corrected chi connectivity index (χ2v) is 6.28. The van der Waals surface area contributed by atoms with Crippen LogP contribution in [0.2, 0.25) is 0 Å². The first-order valence-electron chi connectivity index (χ1n) is 5.71. The molecule has 0 amide bonds. The van der Waals surface area contributed by atoms with Gasteiger partial charge in [0, 0.05) is 13.6 Å². The van der Waals surface area contributed by atoms with Crippen LogP contribution in [-0.4, -0.2) is 44.1 Å². The molecule has 0 unspecified atom stereocenters. The van der Waals surface area contributed by atoms with E-state index in [0.29, 0.717) is 13.2 Å². The molecular weight excluding hydrogens is 254 g/mol. The molecule has 0 fully saturated rings. The maximum absolute atomic E-state index is 12.1. The van der Waals surface area contributed by atoms with Crippen molar-refractivity contribution in [3.05, 3.63) is 24.3 Å². The Morgan fingerprint density at radius 3 is 2.33 bits per heavy atom. The van der Waals surface area contributed by atoms with Gasteiger partial charge in [-0.25, -0.2) is 8.42 Å². The van der Waals surface area contributed by atoms with Crippen LogP contribution in [0.25, 0.3) is 0 Å². The number of benzene rings is 1. The lowest BCUT2D eigenvalue weighted by atomic mass is 10.3. The van der Waals surface area contributed by atoms with Crippen molar-refractivity contribution in [2.24, 2.45) is 0 Å². The summed E-state index contributed by atoms with van der Waals surface area (Å²) in [5, 5.41) is 9.14. The fourth-order valence-corrected chi connectivity index (χ4v) is 2.49. The van der Waals surface area contributed by atoms with Gasteiger partial charge >= 0.3 is 0 Å².